The van der Waals surface area contributed by atoms with Crippen LogP contribution in [0.3, 0.4) is 0 Å². The van der Waals surface area contributed by atoms with Crippen LogP contribution in [-0.2, 0) is 19.6 Å². The maximum Gasteiger partial charge on any atom is 0.122 e. The SMILES string of the molecule is CC(C)NCc1ccoc1CN(C)Cc1ccsc1. The molecule has 0 saturated carbocycles. The van der Waals surface area contributed by atoms with Gasteiger partial charge >= 0.3 is 0 Å². The van der Waals surface area contributed by atoms with Gasteiger partial charge in [0.2, 0.25) is 0 Å². The van der Waals surface area contributed by atoms with Crippen LogP contribution in [0.4, 0.5) is 0 Å². The van der Waals surface area contributed by atoms with Crippen molar-refractivity contribution in [2.45, 2.75) is 39.5 Å². The predicted octanol–water partition coefficient (Wildman–Crippen LogP) is 3.47. The van der Waals surface area contributed by atoms with Crippen LogP contribution in [0.2, 0.25) is 0 Å². The Morgan fingerprint density at radius 3 is 2.84 bits per heavy atom. The van der Waals surface area contributed by atoms with E-state index in [0.717, 1.165) is 25.4 Å². The third-order valence-corrected chi connectivity index (χ3v) is 3.72. The van der Waals surface area contributed by atoms with Gasteiger partial charge in [0.25, 0.3) is 0 Å². The fourth-order valence-electron chi connectivity index (χ4n) is 1.97. The van der Waals surface area contributed by atoms with Gasteiger partial charge < -0.3 is 9.73 Å². The first-order chi connectivity index (χ1) is 9.15. The van der Waals surface area contributed by atoms with E-state index in [1.54, 1.807) is 17.6 Å². The molecule has 104 valence electrons. The molecule has 0 aromatic carbocycles. The van der Waals surface area contributed by atoms with Gasteiger partial charge in [0.1, 0.15) is 5.76 Å². The highest BCUT2D eigenvalue weighted by Crippen LogP contribution is 2.15. The van der Waals surface area contributed by atoms with Crippen LogP contribution in [-0.4, -0.2) is 18.0 Å². The maximum atomic E-state index is 5.61. The molecule has 0 amide bonds. The first-order valence-electron chi connectivity index (χ1n) is 6.63. The number of nitrogens with one attached hydrogen (secondary N) is 1. The van der Waals surface area contributed by atoms with Crippen molar-refractivity contribution in [3.8, 4) is 0 Å². The molecule has 2 aromatic rings. The lowest BCUT2D eigenvalue weighted by Gasteiger charge is -2.15. The third-order valence-electron chi connectivity index (χ3n) is 2.98. The topological polar surface area (TPSA) is 28.4 Å². The minimum Gasteiger partial charge on any atom is -0.468 e. The molecule has 0 aliphatic carbocycles. The molecule has 2 aromatic heterocycles. The zero-order valence-electron chi connectivity index (χ0n) is 11.8. The van der Waals surface area contributed by atoms with Gasteiger partial charge in [-0.2, -0.15) is 11.3 Å². The van der Waals surface area contributed by atoms with E-state index in [0.29, 0.717) is 6.04 Å². The first-order valence-corrected chi connectivity index (χ1v) is 7.57. The smallest absolute Gasteiger partial charge is 0.122 e. The first kappa shape index (κ1) is 14.3. The lowest BCUT2D eigenvalue weighted by atomic mass is 10.2. The molecule has 0 atom stereocenters. The van der Waals surface area contributed by atoms with E-state index in [9.17, 15) is 0 Å². The van der Waals surface area contributed by atoms with Crippen LogP contribution in [0, 0.1) is 0 Å². The minimum absolute atomic E-state index is 0.492. The molecule has 0 bridgehead atoms. The van der Waals surface area contributed by atoms with Crippen LogP contribution in [0.15, 0.2) is 33.6 Å². The molecule has 3 nitrogen and oxygen atoms in total. The Morgan fingerprint density at radius 2 is 2.16 bits per heavy atom. The highest BCUT2D eigenvalue weighted by Gasteiger charge is 2.10. The summed E-state index contributed by atoms with van der Waals surface area (Å²) >= 11 is 1.74. The number of nitrogens with zero attached hydrogens (tertiary/aromatic N) is 1. The number of hydrogen-bond donors (Lipinski definition) is 1. The Bertz CT molecular complexity index is 476. The van der Waals surface area contributed by atoms with Gasteiger partial charge in [0, 0.05) is 24.7 Å². The van der Waals surface area contributed by atoms with Gasteiger partial charge in [-0.25, -0.2) is 0 Å². The quantitative estimate of drug-likeness (QED) is 0.840. The molecule has 0 aliphatic heterocycles. The number of hydrogen-bond acceptors (Lipinski definition) is 4. The summed E-state index contributed by atoms with van der Waals surface area (Å²) in [7, 11) is 2.12. The molecule has 0 saturated heterocycles. The van der Waals surface area contributed by atoms with Crippen LogP contribution in [0.5, 0.6) is 0 Å². The van der Waals surface area contributed by atoms with Crippen LogP contribution in [0.1, 0.15) is 30.7 Å². The molecule has 0 radical (unpaired) electrons. The van der Waals surface area contributed by atoms with Crippen molar-refractivity contribution in [3.63, 3.8) is 0 Å². The molecule has 4 heteroatoms. The van der Waals surface area contributed by atoms with E-state index in [1.165, 1.54) is 11.1 Å². The molecule has 2 heterocycles. The van der Waals surface area contributed by atoms with Crippen molar-refractivity contribution in [2.75, 3.05) is 7.05 Å². The fraction of sp³-hybridized carbons (Fsp3) is 0.467. The summed E-state index contributed by atoms with van der Waals surface area (Å²) in [5, 5.41) is 7.74. The maximum absolute atomic E-state index is 5.61. The lowest BCUT2D eigenvalue weighted by molar-refractivity contribution is 0.286. The fourth-order valence-corrected chi connectivity index (χ4v) is 2.63. The zero-order chi connectivity index (χ0) is 13.7. The summed E-state index contributed by atoms with van der Waals surface area (Å²) in [6.07, 6.45) is 1.78. The summed E-state index contributed by atoms with van der Waals surface area (Å²) in [4.78, 5) is 2.28. The van der Waals surface area contributed by atoms with Crippen LogP contribution < -0.4 is 5.32 Å². The van der Waals surface area contributed by atoms with E-state index in [2.05, 4.69) is 54.0 Å². The summed E-state index contributed by atoms with van der Waals surface area (Å²) in [6.45, 7) is 6.99. The summed E-state index contributed by atoms with van der Waals surface area (Å²) < 4.78 is 5.61. The third kappa shape index (κ3) is 4.49. The van der Waals surface area contributed by atoms with Crippen molar-refractivity contribution in [2.24, 2.45) is 0 Å². The van der Waals surface area contributed by atoms with Gasteiger partial charge in [-0.15, -0.1) is 0 Å². The Hall–Kier alpha value is -1.10. The van der Waals surface area contributed by atoms with Crippen molar-refractivity contribution in [1.29, 1.82) is 0 Å². The van der Waals surface area contributed by atoms with Gasteiger partial charge in [0.15, 0.2) is 0 Å². The zero-order valence-corrected chi connectivity index (χ0v) is 12.7. The lowest BCUT2D eigenvalue weighted by Crippen LogP contribution is -2.23. The number of thiophene rings is 1. The van der Waals surface area contributed by atoms with E-state index in [-0.39, 0.29) is 0 Å². The number of furan rings is 1. The standard InChI is InChI=1S/C15H22N2OS/c1-12(2)16-8-14-4-6-18-15(14)10-17(3)9-13-5-7-19-11-13/h4-7,11-12,16H,8-10H2,1-3H3. The Kier molecular flexibility index (Phi) is 5.19. The van der Waals surface area contributed by atoms with Gasteiger partial charge in [-0.05, 0) is 35.5 Å². The molecule has 0 aliphatic rings. The van der Waals surface area contributed by atoms with Crippen LogP contribution in [0.25, 0.3) is 0 Å². The molecular formula is C15H22N2OS. The largest absolute Gasteiger partial charge is 0.468 e. The van der Waals surface area contributed by atoms with Crippen molar-refractivity contribution in [3.05, 3.63) is 46.0 Å². The Labute approximate surface area is 119 Å². The van der Waals surface area contributed by atoms with E-state index < -0.39 is 0 Å². The second-order valence-electron chi connectivity index (χ2n) is 5.21. The molecular weight excluding hydrogens is 256 g/mol. The minimum atomic E-state index is 0.492. The molecule has 0 unspecified atom stereocenters. The predicted molar refractivity (Wildman–Crippen MR) is 80.2 cm³/mol. The van der Waals surface area contributed by atoms with E-state index in [1.807, 2.05) is 0 Å². The summed E-state index contributed by atoms with van der Waals surface area (Å²) in [5.74, 6) is 1.06. The Morgan fingerprint density at radius 1 is 1.32 bits per heavy atom. The monoisotopic (exact) mass is 278 g/mol. The molecule has 0 spiro atoms. The van der Waals surface area contributed by atoms with Crippen molar-refractivity contribution >= 4 is 11.3 Å². The molecule has 0 fully saturated rings. The molecule has 2 rings (SSSR count). The van der Waals surface area contributed by atoms with Gasteiger partial charge in [-0.1, -0.05) is 13.8 Å². The summed E-state index contributed by atoms with van der Waals surface area (Å²) in [6, 6.07) is 4.72. The average molecular weight is 278 g/mol. The van der Waals surface area contributed by atoms with E-state index in [4.69, 9.17) is 4.42 Å². The average Bonchev–Trinajstić information content (AvgIpc) is 2.98. The van der Waals surface area contributed by atoms with E-state index >= 15 is 0 Å². The van der Waals surface area contributed by atoms with Gasteiger partial charge in [-0.3, -0.25) is 4.90 Å². The van der Waals surface area contributed by atoms with Crippen LogP contribution >= 0.6 is 11.3 Å². The highest BCUT2D eigenvalue weighted by molar-refractivity contribution is 7.07. The normalized spacial score (nSPS) is 11.6. The Balaban J connectivity index is 1.89. The second kappa shape index (κ2) is 6.89. The number of rotatable bonds is 7. The molecule has 1 N–H and O–H groups in total. The van der Waals surface area contributed by atoms with Crippen molar-refractivity contribution < 1.29 is 4.42 Å². The molecule has 19 heavy (non-hydrogen) atoms. The second-order valence-corrected chi connectivity index (χ2v) is 5.99. The van der Waals surface area contributed by atoms with Gasteiger partial charge in [0.05, 0.1) is 12.8 Å². The highest BCUT2D eigenvalue weighted by atomic mass is 32.1. The summed E-state index contributed by atoms with van der Waals surface area (Å²) in [5.41, 5.74) is 2.62. The van der Waals surface area contributed by atoms with Crippen molar-refractivity contribution in [1.82, 2.24) is 10.2 Å².